The van der Waals surface area contributed by atoms with E-state index in [0.29, 0.717) is 111 Å². The second kappa shape index (κ2) is 43.2. The number of anilines is 2. The Labute approximate surface area is 809 Å². The Hall–Kier alpha value is -16.8. The SMILES string of the molecule is Nc1nccc2c(-c3cc(-c4ccccc4F)nc4ncccc34)c[nH]c(=O)c12.Nc1nccc2c(-c3cc(-c4ccccc4F)nc4ncccc34)cnc(OCCO)c12.O=c1[nH]cc(I)c2ccncc12.O=c1ncc(-c2cc(-c3ccccc3F)nc3ncccc23)c2ccn(O)cc1-2.O=c1ncc(I)c2ccn(O)cc1-2.OB(O)c1cc(-c2ccccc2F)nc2ncccc12.OCCO. The minimum atomic E-state index is -1.67. The number of H-pyrrole nitrogens is 2. The van der Waals surface area contributed by atoms with Gasteiger partial charge in [-0.05, 0) is 218 Å². The van der Waals surface area contributed by atoms with Crippen molar-refractivity contribution in [2.24, 2.45) is 0 Å². The first-order valence-electron chi connectivity index (χ1n) is 41.8. The maximum Gasteiger partial charge on any atom is 0.489 e. The lowest BCUT2D eigenvalue weighted by atomic mass is 9.78. The molecule has 688 valence electrons. The van der Waals surface area contributed by atoms with Crippen molar-refractivity contribution in [3.8, 4) is 107 Å². The Balaban J connectivity index is 0.000000123. The van der Waals surface area contributed by atoms with Crippen LogP contribution < -0.4 is 43.9 Å². The number of aliphatic hydroxyl groups is 3. The molecule has 4 aromatic carbocycles. The van der Waals surface area contributed by atoms with Gasteiger partial charge in [0.2, 0.25) is 5.88 Å². The summed E-state index contributed by atoms with van der Waals surface area (Å²) in [4.78, 5) is 112. The molecule has 0 saturated carbocycles. The standard InChI is InChI=1S/C24H18FN5O2.C22H14FN5O.C22H13FN4O2.C14H10BFN2O2.C8H5IN2O2.C8H5IN2O.C2H6O2/c25-19-6-2-1-4-16(19)20-12-17(15-5-3-8-28-23(15)30-20)18-13-29-24(32-11-10-31)21-14(18)7-9-27-22(21)26;23-17-6-2-1-4-14(17)18-10-15(13-5-3-8-26-21(13)28-18)16-11-27-22(29)19-12(16)7-9-25-20(19)24;23-19-6-2-1-4-15(19)20-10-16(14-5-3-8-24-21(14)26-20)17-11-25-22(28)18-12-27(29)9-7-13(17)18;16-12-6-2-1-4-10(12)13-8-11(15(19)20)9-5-3-7-17-14(9)18-13;9-7-3-10-8(12)6-4-11(13)2-1-5(6)7;9-7-4-11-8(12)6-3-10-2-1-5(6)7;3-1-2-4/h1-9,12-13,31H,10-11H2,(H2,26,27);1-11H,(H2,24,25)(H,27,29);1-12,29H;1-8,19-20H;1-4,13H;1-4H,(H,11,12);3-4H,1-2H2. The van der Waals surface area contributed by atoms with Gasteiger partial charge in [0.05, 0.1) is 82.3 Å². The Kier molecular flexibility index (Phi) is 29.7. The van der Waals surface area contributed by atoms with Gasteiger partial charge in [-0.2, -0.15) is 0 Å². The van der Waals surface area contributed by atoms with Crippen LogP contribution in [0.25, 0.3) is 177 Å². The normalized spacial score (nSPS) is 10.9. The summed E-state index contributed by atoms with van der Waals surface area (Å²) >= 11 is 4.27. The summed E-state index contributed by atoms with van der Waals surface area (Å²) < 4.78 is 66.4. The van der Waals surface area contributed by atoms with Crippen LogP contribution in [0.5, 0.6) is 5.88 Å². The van der Waals surface area contributed by atoms with Gasteiger partial charge >= 0.3 is 7.12 Å². The smallest absolute Gasteiger partial charge is 0.475 e. The quantitative estimate of drug-likeness (QED) is 0.0234. The van der Waals surface area contributed by atoms with Crippen LogP contribution >= 0.6 is 45.2 Å². The third kappa shape index (κ3) is 21.0. The maximum absolute atomic E-state index is 14.6. The van der Waals surface area contributed by atoms with E-state index in [2.05, 4.69) is 125 Å². The number of rotatable bonds is 12. The Morgan fingerprint density at radius 3 is 1.25 bits per heavy atom. The number of benzene rings is 4. The van der Waals surface area contributed by atoms with E-state index in [0.717, 1.165) is 76.9 Å². The predicted octanol–water partition coefficient (Wildman–Crippen LogP) is 14.7. The number of hydrogen-bond acceptors (Lipinski definition) is 28. The summed E-state index contributed by atoms with van der Waals surface area (Å²) in [6.45, 7) is -0.326. The van der Waals surface area contributed by atoms with Crippen LogP contribution in [-0.4, -0.2) is 159 Å². The Morgan fingerprint density at radius 1 is 0.353 bits per heavy atom. The monoisotopic (exact) mass is 2080 g/mol. The van der Waals surface area contributed by atoms with E-state index in [1.807, 2.05) is 42.5 Å². The van der Waals surface area contributed by atoms with E-state index in [1.54, 1.807) is 196 Å². The number of nitrogens with zero attached hydrogens (tertiary/aromatic N) is 16. The van der Waals surface area contributed by atoms with Gasteiger partial charge < -0.3 is 62.0 Å². The molecule has 39 heteroatoms. The number of halogens is 6. The van der Waals surface area contributed by atoms with Gasteiger partial charge in [-0.1, -0.05) is 54.6 Å². The highest BCUT2D eigenvalue weighted by Gasteiger charge is 2.25. The van der Waals surface area contributed by atoms with Crippen molar-refractivity contribution in [1.82, 2.24) is 89.2 Å². The summed E-state index contributed by atoms with van der Waals surface area (Å²) in [5.41, 5.74) is 22.5. The summed E-state index contributed by atoms with van der Waals surface area (Å²) in [6, 6.07) is 55.5. The zero-order chi connectivity index (χ0) is 97.5. The molecule has 0 atom stereocenters. The van der Waals surface area contributed by atoms with Gasteiger partial charge in [0.25, 0.3) is 22.2 Å². The molecule has 14 aromatic heterocycles. The zero-order valence-electron chi connectivity index (χ0n) is 72.0. The van der Waals surface area contributed by atoms with Gasteiger partial charge in [0.1, 0.15) is 41.5 Å². The lowest BCUT2D eigenvalue weighted by Gasteiger charge is -2.15. The fourth-order valence-electron chi connectivity index (χ4n) is 15.0. The Bertz CT molecular complexity index is 8560. The van der Waals surface area contributed by atoms with Crippen LogP contribution in [-0.2, 0) is 0 Å². The molecule has 22 rings (SSSR count). The molecule has 4 aliphatic heterocycles. The van der Waals surface area contributed by atoms with Crippen LogP contribution in [0.15, 0.2) is 325 Å². The largest absolute Gasteiger partial charge is 0.489 e. The molecule has 0 fully saturated rings. The number of aliphatic hydroxyl groups excluding tert-OH is 3. The minimum absolute atomic E-state index is 0.0787. The number of nitrogen functional groups attached to an aromatic ring is 2. The zero-order valence-corrected chi connectivity index (χ0v) is 76.3. The third-order valence-corrected chi connectivity index (χ3v) is 23.1. The van der Waals surface area contributed by atoms with Gasteiger partial charge in [-0.15, -0.1) is 0 Å². The topological polar surface area (TPSA) is 493 Å². The number of pyridine rings is 18. The highest BCUT2D eigenvalue weighted by molar-refractivity contribution is 14.1. The highest BCUT2D eigenvalue weighted by atomic mass is 127. The first-order valence-corrected chi connectivity index (χ1v) is 43.9. The number of nitrogens with one attached hydrogen (secondary N) is 2. The van der Waals surface area contributed by atoms with E-state index in [1.165, 1.54) is 67.5 Å². The van der Waals surface area contributed by atoms with Gasteiger partial charge in [-0.3, -0.25) is 24.2 Å². The van der Waals surface area contributed by atoms with Gasteiger partial charge in [0, 0.05) is 182 Å². The molecule has 0 amide bonds. The molecule has 0 saturated heterocycles. The van der Waals surface area contributed by atoms with Crippen LogP contribution in [0, 0.1) is 30.4 Å². The number of aromatic nitrogens is 18. The molecule has 0 aliphatic carbocycles. The molecule has 139 heavy (non-hydrogen) atoms. The van der Waals surface area contributed by atoms with Crippen LogP contribution in [0.2, 0.25) is 0 Å². The number of ether oxygens (including phenoxy) is 1. The van der Waals surface area contributed by atoms with Crippen molar-refractivity contribution in [1.29, 1.82) is 0 Å². The summed E-state index contributed by atoms with van der Waals surface area (Å²) in [5.74, 6) is -0.859. The Morgan fingerprint density at radius 2 is 0.770 bits per heavy atom. The number of nitrogens with two attached hydrogens (primary N) is 2. The van der Waals surface area contributed by atoms with Gasteiger partial charge in [-0.25, -0.2) is 91.8 Å². The number of aromatic amines is 2. The molecule has 0 unspecified atom stereocenters. The molecule has 18 aromatic rings. The molecule has 0 spiro atoms. The first-order chi connectivity index (χ1) is 67.5. The molecule has 18 heterocycles. The second-order valence-corrected chi connectivity index (χ2v) is 32.2. The van der Waals surface area contributed by atoms with Crippen LogP contribution in [0.3, 0.4) is 0 Å². The third-order valence-electron chi connectivity index (χ3n) is 21.3. The summed E-state index contributed by atoms with van der Waals surface area (Å²) in [7, 11) is -1.67. The van der Waals surface area contributed by atoms with E-state index >= 15 is 0 Å². The van der Waals surface area contributed by atoms with E-state index in [4.69, 9.17) is 36.7 Å². The average Bonchev–Trinajstić information content (AvgIpc) is 0.763. The maximum atomic E-state index is 14.6. The second-order valence-electron chi connectivity index (χ2n) is 29.9. The van der Waals surface area contributed by atoms with Crippen molar-refractivity contribution < 1.29 is 58.1 Å². The van der Waals surface area contributed by atoms with Crippen molar-refractivity contribution in [2.45, 2.75) is 0 Å². The molecular formula is C100H71BF4I2N20O12. The lowest BCUT2D eigenvalue weighted by molar-refractivity contribution is 0.184. The predicted molar refractivity (Wildman–Crippen MR) is 536 cm³/mol. The molecule has 4 aliphatic rings. The molecular weight excluding hydrogens is 2010 g/mol. The highest BCUT2D eigenvalue weighted by Crippen LogP contribution is 2.42. The number of hydrogen-bond donors (Lipinski definition) is 11. The number of fused-ring (bicyclic) bond motifs is 9. The molecule has 13 N–H and O–H groups in total. The van der Waals surface area contributed by atoms with E-state index < -0.39 is 18.5 Å². The molecule has 0 radical (unpaired) electrons. The van der Waals surface area contributed by atoms with Crippen molar-refractivity contribution in [2.75, 3.05) is 37.9 Å². The van der Waals surface area contributed by atoms with Crippen molar-refractivity contribution >= 4 is 146 Å². The average molecular weight is 2090 g/mol. The minimum Gasteiger partial charge on any atom is -0.475 e. The van der Waals surface area contributed by atoms with Crippen molar-refractivity contribution in [3.63, 3.8) is 0 Å². The van der Waals surface area contributed by atoms with Gasteiger partial charge in [0.15, 0.2) is 22.6 Å². The lowest BCUT2D eigenvalue weighted by Crippen LogP contribution is -2.31. The van der Waals surface area contributed by atoms with E-state index in [-0.39, 0.29) is 89.1 Å². The molecule has 0 bridgehead atoms. The van der Waals surface area contributed by atoms with E-state index in [9.17, 15) is 52.0 Å². The summed E-state index contributed by atoms with van der Waals surface area (Å²) in [5, 5.41) is 68.8. The first kappa shape index (κ1) is 95.3. The van der Waals surface area contributed by atoms with Crippen LogP contribution in [0.4, 0.5) is 29.2 Å². The molecule has 32 nitrogen and oxygen atoms in total. The summed E-state index contributed by atoms with van der Waals surface area (Å²) in [6.07, 6.45) is 26.5. The van der Waals surface area contributed by atoms with Crippen molar-refractivity contribution in [3.05, 3.63) is 377 Å². The van der Waals surface area contributed by atoms with Crippen LogP contribution in [0.1, 0.15) is 0 Å². The fraction of sp³-hybridized carbons (Fsp3) is 0.0400. The fourth-order valence-corrected chi connectivity index (χ4v) is 16.3.